The van der Waals surface area contributed by atoms with Crippen molar-refractivity contribution in [2.75, 3.05) is 7.11 Å². The molecule has 0 bridgehead atoms. The Bertz CT molecular complexity index is 591. The fourth-order valence-corrected chi connectivity index (χ4v) is 6.14. The molecule has 1 nitrogen and oxygen atoms in total. The third kappa shape index (κ3) is 3.20. The van der Waals surface area contributed by atoms with Crippen molar-refractivity contribution in [3.05, 3.63) is 35.1 Å². The lowest BCUT2D eigenvalue weighted by atomic mass is 9.55. The van der Waals surface area contributed by atoms with Crippen molar-refractivity contribution < 1.29 is 4.74 Å². The minimum Gasteiger partial charge on any atom is -0.501 e. The molecule has 0 aliphatic heterocycles. The van der Waals surface area contributed by atoms with E-state index < -0.39 is 0 Å². The van der Waals surface area contributed by atoms with E-state index in [9.17, 15) is 0 Å². The quantitative estimate of drug-likeness (QED) is 0.436. The number of fused-ring (bicyclic) bond motifs is 5. The van der Waals surface area contributed by atoms with E-state index in [0.717, 1.165) is 18.3 Å². The van der Waals surface area contributed by atoms with Crippen LogP contribution in [0.5, 0.6) is 0 Å². The Hall–Kier alpha value is -0.980. The Labute approximate surface area is 163 Å². The molecule has 0 aromatic heterocycles. The van der Waals surface area contributed by atoms with Gasteiger partial charge >= 0.3 is 0 Å². The van der Waals surface area contributed by atoms with Crippen LogP contribution >= 0.6 is 0 Å². The van der Waals surface area contributed by atoms with Crippen LogP contribution in [0.2, 0.25) is 0 Å². The molecule has 4 atom stereocenters. The SMILES string of the molecule is C.CC.COC1=CC2=CCCC3C(=CCC4(C)C3CCC4(C)C)C2CC1. The van der Waals surface area contributed by atoms with Crippen LogP contribution in [0.15, 0.2) is 35.1 Å². The van der Waals surface area contributed by atoms with Crippen LogP contribution in [0.25, 0.3) is 0 Å². The van der Waals surface area contributed by atoms with Gasteiger partial charge in [0.1, 0.15) is 0 Å². The van der Waals surface area contributed by atoms with Gasteiger partial charge in [-0.25, -0.2) is 0 Å². The second kappa shape index (κ2) is 7.95. The van der Waals surface area contributed by atoms with Gasteiger partial charge in [-0.2, -0.15) is 0 Å². The highest BCUT2D eigenvalue weighted by Gasteiger charge is 2.56. The van der Waals surface area contributed by atoms with Crippen LogP contribution in [0, 0.1) is 28.6 Å². The normalized spacial score (nSPS) is 37.0. The summed E-state index contributed by atoms with van der Waals surface area (Å²) in [5, 5.41) is 0. The predicted molar refractivity (Wildman–Crippen MR) is 114 cm³/mol. The molecule has 4 rings (SSSR count). The Morgan fingerprint density at radius 3 is 2.46 bits per heavy atom. The minimum atomic E-state index is 0. The van der Waals surface area contributed by atoms with Crippen LogP contribution < -0.4 is 0 Å². The summed E-state index contributed by atoms with van der Waals surface area (Å²) < 4.78 is 5.53. The molecule has 0 amide bonds. The molecule has 0 saturated heterocycles. The topological polar surface area (TPSA) is 9.23 Å². The van der Waals surface area contributed by atoms with Gasteiger partial charge in [0.25, 0.3) is 0 Å². The van der Waals surface area contributed by atoms with E-state index >= 15 is 0 Å². The maximum absolute atomic E-state index is 5.53. The largest absolute Gasteiger partial charge is 0.501 e. The number of ether oxygens (including phenoxy) is 1. The molecule has 1 fully saturated rings. The summed E-state index contributed by atoms with van der Waals surface area (Å²) in [6.07, 6.45) is 16.6. The summed E-state index contributed by atoms with van der Waals surface area (Å²) >= 11 is 0. The van der Waals surface area contributed by atoms with Crippen molar-refractivity contribution in [1.82, 2.24) is 0 Å². The smallest absolute Gasteiger partial charge is 0.0958 e. The van der Waals surface area contributed by atoms with E-state index in [4.69, 9.17) is 4.74 Å². The molecule has 0 spiro atoms. The minimum absolute atomic E-state index is 0. The number of hydrogen-bond donors (Lipinski definition) is 0. The molecule has 0 aromatic carbocycles. The first kappa shape index (κ1) is 21.3. The highest BCUT2D eigenvalue weighted by atomic mass is 16.5. The van der Waals surface area contributed by atoms with Crippen LogP contribution in [0.1, 0.15) is 87.0 Å². The summed E-state index contributed by atoms with van der Waals surface area (Å²) in [4.78, 5) is 0. The maximum atomic E-state index is 5.53. The van der Waals surface area contributed by atoms with Crippen molar-refractivity contribution in [1.29, 1.82) is 0 Å². The summed E-state index contributed by atoms with van der Waals surface area (Å²) in [5.74, 6) is 3.58. The number of rotatable bonds is 1. The zero-order chi connectivity index (χ0) is 18.2. The molecule has 1 saturated carbocycles. The van der Waals surface area contributed by atoms with E-state index in [-0.39, 0.29) is 7.43 Å². The molecule has 4 unspecified atom stereocenters. The zero-order valence-corrected chi connectivity index (χ0v) is 17.3. The fraction of sp³-hybridized carbons (Fsp3) is 0.760. The van der Waals surface area contributed by atoms with Crippen molar-refractivity contribution in [3.63, 3.8) is 0 Å². The Morgan fingerprint density at radius 1 is 1.04 bits per heavy atom. The molecule has 148 valence electrons. The molecular weight excluding hydrogens is 316 g/mol. The lowest BCUT2D eigenvalue weighted by molar-refractivity contribution is 0.0493. The highest BCUT2D eigenvalue weighted by Crippen LogP contribution is 2.65. The van der Waals surface area contributed by atoms with E-state index in [2.05, 4.69) is 39.0 Å². The molecule has 4 aliphatic carbocycles. The summed E-state index contributed by atoms with van der Waals surface area (Å²) in [6, 6.07) is 0. The van der Waals surface area contributed by atoms with Crippen LogP contribution in [-0.4, -0.2) is 7.11 Å². The average Bonchev–Trinajstić information content (AvgIpc) is 2.76. The molecule has 1 heteroatoms. The van der Waals surface area contributed by atoms with E-state index in [1.165, 1.54) is 44.3 Å². The molecule has 0 heterocycles. The third-order valence-corrected chi connectivity index (χ3v) is 8.05. The summed E-state index contributed by atoms with van der Waals surface area (Å²) in [5.41, 5.74) is 4.34. The van der Waals surface area contributed by atoms with Gasteiger partial charge in [-0.1, -0.05) is 59.8 Å². The first-order valence-electron chi connectivity index (χ1n) is 10.6. The lowest BCUT2D eigenvalue weighted by Gasteiger charge is -2.49. The van der Waals surface area contributed by atoms with E-state index in [1.54, 1.807) is 11.1 Å². The molecule has 4 aliphatic rings. The van der Waals surface area contributed by atoms with Gasteiger partial charge in [0.05, 0.1) is 12.9 Å². The predicted octanol–water partition coefficient (Wildman–Crippen LogP) is 7.70. The Morgan fingerprint density at radius 2 is 1.77 bits per heavy atom. The van der Waals surface area contributed by atoms with E-state index in [1.807, 2.05) is 21.0 Å². The van der Waals surface area contributed by atoms with Crippen LogP contribution in [0.4, 0.5) is 0 Å². The Balaban J connectivity index is 0.000000784. The number of methoxy groups -OCH3 is 1. The molecule has 0 radical (unpaired) electrons. The molecule has 26 heavy (non-hydrogen) atoms. The van der Waals surface area contributed by atoms with Crippen molar-refractivity contribution in [3.8, 4) is 0 Å². The summed E-state index contributed by atoms with van der Waals surface area (Å²) in [6.45, 7) is 11.6. The molecular formula is C25H42O. The van der Waals surface area contributed by atoms with Gasteiger partial charge in [0, 0.05) is 12.3 Å². The second-order valence-corrected chi connectivity index (χ2v) is 9.15. The fourth-order valence-electron chi connectivity index (χ4n) is 6.14. The van der Waals surface area contributed by atoms with Gasteiger partial charge in [0.2, 0.25) is 0 Å². The van der Waals surface area contributed by atoms with E-state index in [0.29, 0.717) is 16.7 Å². The van der Waals surface area contributed by atoms with Gasteiger partial charge in [-0.15, -0.1) is 0 Å². The molecule has 0 aromatic rings. The van der Waals surface area contributed by atoms with Gasteiger partial charge in [-0.05, 0) is 72.8 Å². The van der Waals surface area contributed by atoms with Crippen LogP contribution in [-0.2, 0) is 4.74 Å². The lowest BCUT2D eigenvalue weighted by Crippen LogP contribution is -2.41. The van der Waals surface area contributed by atoms with Gasteiger partial charge in [-0.3, -0.25) is 0 Å². The Kier molecular flexibility index (Phi) is 6.52. The molecule has 0 N–H and O–H groups in total. The monoisotopic (exact) mass is 358 g/mol. The van der Waals surface area contributed by atoms with Crippen LogP contribution in [0.3, 0.4) is 0 Å². The van der Waals surface area contributed by atoms with Gasteiger partial charge < -0.3 is 4.74 Å². The number of hydrogen-bond acceptors (Lipinski definition) is 1. The zero-order valence-electron chi connectivity index (χ0n) is 17.3. The highest BCUT2D eigenvalue weighted by molar-refractivity contribution is 5.38. The van der Waals surface area contributed by atoms with Gasteiger partial charge in [0.15, 0.2) is 0 Å². The van der Waals surface area contributed by atoms with Crippen molar-refractivity contribution >= 4 is 0 Å². The first-order valence-corrected chi connectivity index (χ1v) is 10.6. The third-order valence-electron chi connectivity index (χ3n) is 8.05. The maximum Gasteiger partial charge on any atom is 0.0958 e. The average molecular weight is 359 g/mol. The standard InChI is InChI=1S/C22H32O.C2H6.CH4/c1-21(2)12-11-20-19-7-5-6-15-14-16(23-4)8-9-17(15)18(19)10-13-22(20,21)3;1-2;/h6,10,14,17,19-20H,5,7-9,11-13H2,1-4H3;1-2H3;1H4. The van der Waals surface area contributed by atoms with Crippen molar-refractivity contribution in [2.24, 2.45) is 28.6 Å². The van der Waals surface area contributed by atoms with Crippen molar-refractivity contribution in [2.45, 2.75) is 87.0 Å². The number of allylic oxidation sites excluding steroid dienone is 6. The summed E-state index contributed by atoms with van der Waals surface area (Å²) in [7, 11) is 1.82. The second-order valence-electron chi connectivity index (χ2n) is 9.15. The first-order chi connectivity index (χ1) is 12.0.